The molecular formula is C21H17N3O6S. The van der Waals surface area contributed by atoms with Crippen molar-refractivity contribution < 1.29 is 22.2 Å². The first kappa shape index (κ1) is 20.4. The van der Waals surface area contributed by atoms with Crippen LogP contribution in [0, 0.1) is 13.8 Å². The lowest BCUT2D eigenvalue weighted by molar-refractivity contribution is 0.102. The molecule has 4 aromatic rings. The Morgan fingerprint density at radius 2 is 1.74 bits per heavy atom. The number of para-hydroxylation sites is 1. The molecule has 1 amide bonds. The van der Waals surface area contributed by atoms with E-state index in [-0.39, 0.29) is 16.3 Å². The van der Waals surface area contributed by atoms with E-state index in [4.69, 9.17) is 8.94 Å². The van der Waals surface area contributed by atoms with Crippen molar-refractivity contribution in [1.29, 1.82) is 0 Å². The lowest BCUT2D eigenvalue weighted by atomic mass is 10.1. The van der Waals surface area contributed by atoms with Gasteiger partial charge in [0.15, 0.2) is 0 Å². The predicted octanol–water partition coefficient (Wildman–Crippen LogP) is 3.45. The Morgan fingerprint density at radius 3 is 2.42 bits per heavy atom. The normalized spacial score (nSPS) is 11.4. The number of aryl methyl sites for hydroxylation is 1. The summed E-state index contributed by atoms with van der Waals surface area (Å²) in [5, 5.41) is 6.88. The number of fused-ring (bicyclic) bond motifs is 1. The van der Waals surface area contributed by atoms with E-state index in [1.54, 1.807) is 38.1 Å². The van der Waals surface area contributed by atoms with Crippen molar-refractivity contribution in [3.8, 4) is 0 Å². The molecule has 2 aromatic heterocycles. The molecule has 0 atom stereocenters. The highest BCUT2D eigenvalue weighted by Crippen LogP contribution is 2.23. The van der Waals surface area contributed by atoms with Crippen molar-refractivity contribution in [3.05, 3.63) is 81.8 Å². The van der Waals surface area contributed by atoms with Gasteiger partial charge >= 0.3 is 5.63 Å². The van der Waals surface area contributed by atoms with Crippen LogP contribution in [0.2, 0.25) is 0 Å². The second kappa shape index (κ2) is 7.73. The van der Waals surface area contributed by atoms with Gasteiger partial charge in [-0.1, -0.05) is 23.4 Å². The van der Waals surface area contributed by atoms with Gasteiger partial charge in [-0.2, -0.15) is 0 Å². The Kier molecular flexibility index (Phi) is 5.07. The Hall–Kier alpha value is -3.92. The summed E-state index contributed by atoms with van der Waals surface area (Å²) in [6.07, 6.45) is 0. The maximum atomic E-state index is 12.5. The van der Waals surface area contributed by atoms with Crippen molar-refractivity contribution in [2.24, 2.45) is 0 Å². The lowest BCUT2D eigenvalue weighted by Gasteiger charge is -2.08. The number of rotatable bonds is 5. The van der Waals surface area contributed by atoms with Crippen molar-refractivity contribution in [2.45, 2.75) is 18.7 Å². The number of amides is 1. The first-order chi connectivity index (χ1) is 14.7. The van der Waals surface area contributed by atoms with E-state index in [1.165, 1.54) is 30.3 Å². The van der Waals surface area contributed by atoms with Crippen LogP contribution in [0.4, 0.5) is 11.6 Å². The maximum Gasteiger partial charge on any atom is 0.349 e. The minimum Gasteiger partial charge on any atom is -0.422 e. The van der Waals surface area contributed by atoms with E-state index in [0.29, 0.717) is 27.9 Å². The molecule has 0 saturated carbocycles. The van der Waals surface area contributed by atoms with E-state index in [0.717, 1.165) is 0 Å². The van der Waals surface area contributed by atoms with Gasteiger partial charge in [0.2, 0.25) is 5.88 Å². The number of hydrogen-bond acceptors (Lipinski definition) is 7. The summed E-state index contributed by atoms with van der Waals surface area (Å²) in [7, 11) is -3.91. The number of benzene rings is 2. The fraction of sp³-hybridized carbons (Fsp3) is 0.0952. The Bertz CT molecular complexity index is 1450. The van der Waals surface area contributed by atoms with Gasteiger partial charge in [0.1, 0.15) is 11.1 Å². The van der Waals surface area contributed by atoms with E-state index in [2.05, 4.69) is 15.2 Å². The van der Waals surface area contributed by atoms with Gasteiger partial charge in [0, 0.05) is 16.6 Å². The third kappa shape index (κ3) is 4.05. The average Bonchev–Trinajstić information content (AvgIpc) is 3.05. The number of carbonyl (C=O) groups excluding carboxylic acids is 1. The van der Waals surface area contributed by atoms with Gasteiger partial charge in [0.05, 0.1) is 10.6 Å². The zero-order valence-electron chi connectivity index (χ0n) is 16.5. The molecule has 0 aliphatic heterocycles. The predicted molar refractivity (Wildman–Crippen MR) is 114 cm³/mol. The smallest absolute Gasteiger partial charge is 0.349 e. The molecular weight excluding hydrogens is 422 g/mol. The fourth-order valence-corrected chi connectivity index (χ4v) is 3.87. The van der Waals surface area contributed by atoms with Crippen LogP contribution in [-0.2, 0) is 10.0 Å². The summed E-state index contributed by atoms with van der Waals surface area (Å²) in [5.74, 6) is -0.626. The van der Waals surface area contributed by atoms with Gasteiger partial charge < -0.3 is 14.3 Å². The SMILES string of the molecule is Cc1noc(NS(=O)(=O)c2ccc(NC(=O)c3cc4ccccc4oc3=O)cc2)c1C. The third-order valence-electron chi connectivity index (χ3n) is 4.69. The molecule has 9 nitrogen and oxygen atoms in total. The molecule has 0 fully saturated rings. The molecule has 2 N–H and O–H groups in total. The van der Waals surface area contributed by atoms with Gasteiger partial charge in [-0.3, -0.25) is 4.79 Å². The first-order valence-electron chi connectivity index (χ1n) is 9.14. The largest absolute Gasteiger partial charge is 0.422 e. The van der Waals surface area contributed by atoms with Gasteiger partial charge in [0.25, 0.3) is 15.9 Å². The summed E-state index contributed by atoms with van der Waals surface area (Å²) in [5.41, 5.74) is 0.924. The second-order valence-electron chi connectivity index (χ2n) is 6.79. The standard InChI is InChI=1S/C21H17N3O6S/c1-12-13(2)23-30-20(12)24-31(27,28)16-9-7-15(8-10-16)22-19(25)17-11-14-5-3-4-6-18(14)29-21(17)26/h3-11,24H,1-2H3,(H,22,25). The molecule has 2 heterocycles. The zero-order chi connectivity index (χ0) is 22.2. The fourth-order valence-electron chi connectivity index (χ4n) is 2.83. The van der Waals surface area contributed by atoms with Crippen LogP contribution >= 0.6 is 0 Å². The van der Waals surface area contributed by atoms with Crippen LogP contribution in [0.5, 0.6) is 0 Å². The van der Waals surface area contributed by atoms with Crippen LogP contribution in [0.1, 0.15) is 21.6 Å². The quantitative estimate of drug-likeness (QED) is 0.455. The van der Waals surface area contributed by atoms with Crippen molar-refractivity contribution in [3.63, 3.8) is 0 Å². The summed E-state index contributed by atoms with van der Waals surface area (Å²) < 4.78 is 37.6. The number of carbonyl (C=O) groups is 1. The maximum absolute atomic E-state index is 12.5. The lowest BCUT2D eigenvalue weighted by Crippen LogP contribution is -2.20. The molecule has 158 valence electrons. The van der Waals surface area contributed by atoms with Crippen LogP contribution in [0.15, 0.2) is 73.2 Å². The number of sulfonamides is 1. The molecule has 0 aliphatic rings. The van der Waals surface area contributed by atoms with Crippen molar-refractivity contribution in [2.75, 3.05) is 10.0 Å². The van der Waals surface area contributed by atoms with Crippen LogP contribution in [0.3, 0.4) is 0 Å². The summed E-state index contributed by atoms with van der Waals surface area (Å²) in [6, 6.07) is 13.7. The molecule has 2 aromatic carbocycles. The summed E-state index contributed by atoms with van der Waals surface area (Å²) >= 11 is 0. The Labute approximate surface area is 176 Å². The topological polar surface area (TPSA) is 132 Å². The van der Waals surface area contributed by atoms with Crippen LogP contribution in [-0.4, -0.2) is 19.5 Å². The van der Waals surface area contributed by atoms with E-state index in [1.807, 2.05) is 0 Å². The molecule has 0 bridgehead atoms. The van der Waals surface area contributed by atoms with Crippen molar-refractivity contribution in [1.82, 2.24) is 5.16 Å². The number of hydrogen-bond donors (Lipinski definition) is 2. The van der Waals surface area contributed by atoms with Gasteiger partial charge in [-0.15, -0.1) is 0 Å². The molecule has 0 spiro atoms. The average molecular weight is 439 g/mol. The number of nitrogens with zero attached hydrogens (tertiary/aromatic N) is 1. The third-order valence-corrected chi connectivity index (χ3v) is 6.04. The van der Waals surface area contributed by atoms with E-state index < -0.39 is 21.6 Å². The highest BCUT2D eigenvalue weighted by atomic mass is 32.2. The molecule has 0 unspecified atom stereocenters. The number of nitrogens with one attached hydrogen (secondary N) is 2. The molecule has 4 rings (SSSR count). The number of aromatic nitrogens is 1. The Morgan fingerprint density at radius 1 is 1.03 bits per heavy atom. The minimum absolute atomic E-state index is 0.0378. The highest BCUT2D eigenvalue weighted by Gasteiger charge is 2.20. The van der Waals surface area contributed by atoms with Gasteiger partial charge in [-0.05, 0) is 50.2 Å². The van der Waals surface area contributed by atoms with E-state index >= 15 is 0 Å². The molecule has 10 heteroatoms. The molecule has 0 aliphatic carbocycles. The first-order valence-corrected chi connectivity index (χ1v) is 10.6. The highest BCUT2D eigenvalue weighted by molar-refractivity contribution is 7.92. The monoisotopic (exact) mass is 439 g/mol. The van der Waals surface area contributed by atoms with Crippen LogP contribution in [0.25, 0.3) is 11.0 Å². The van der Waals surface area contributed by atoms with Gasteiger partial charge in [-0.25, -0.2) is 17.9 Å². The summed E-state index contributed by atoms with van der Waals surface area (Å²) in [4.78, 5) is 24.6. The molecule has 31 heavy (non-hydrogen) atoms. The minimum atomic E-state index is -3.91. The number of anilines is 2. The molecule has 0 radical (unpaired) electrons. The van der Waals surface area contributed by atoms with Crippen LogP contribution < -0.4 is 15.7 Å². The zero-order valence-corrected chi connectivity index (χ0v) is 17.3. The van der Waals surface area contributed by atoms with Crippen molar-refractivity contribution >= 4 is 38.5 Å². The van der Waals surface area contributed by atoms with E-state index in [9.17, 15) is 18.0 Å². The molecule has 0 saturated heterocycles. The second-order valence-corrected chi connectivity index (χ2v) is 8.47. The Balaban J connectivity index is 1.53. The summed E-state index contributed by atoms with van der Waals surface area (Å²) in [6.45, 7) is 3.38.